The number of rotatable bonds is 9. The Hall–Kier alpha value is -1.45. The maximum atomic E-state index is 12.3. The second kappa shape index (κ2) is 8.09. The highest BCUT2D eigenvalue weighted by molar-refractivity contribution is 6.13. The molecule has 0 radical (unpaired) electrons. The predicted molar refractivity (Wildman–Crippen MR) is 96.4 cm³/mol. The van der Waals surface area contributed by atoms with Crippen LogP contribution < -0.4 is 0 Å². The van der Waals surface area contributed by atoms with Gasteiger partial charge in [-0.3, -0.25) is 19.3 Å². The number of amides is 2. The van der Waals surface area contributed by atoms with Crippen LogP contribution in [0.15, 0.2) is 12.2 Å². The number of ketones is 1. The molecule has 4 heteroatoms. The average Bonchev–Trinajstić information content (AvgIpc) is 2.78. The predicted octanol–water partition coefficient (Wildman–Crippen LogP) is 4.14. The number of imide groups is 1. The van der Waals surface area contributed by atoms with Crippen LogP contribution in [-0.4, -0.2) is 29.0 Å². The molecule has 0 saturated heterocycles. The summed E-state index contributed by atoms with van der Waals surface area (Å²) < 4.78 is 0. The molecule has 0 aromatic heterocycles. The van der Waals surface area contributed by atoms with Gasteiger partial charge in [0.05, 0.1) is 0 Å². The molecule has 1 heterocycles. The van der Waals surface area contributed by atoms with Gasteiger partial charge in [0.1, 0.15) is 5.78 Å². The van der Waals surface area contributed by atoms with E-state index in [0.29, 0.717) is 12.3 Å². The minimum atomic E-state index is -0.315. The summed E-state index contributed by atoms with van der Waals surface area (Å²) in [6, 6.07) is 0. The third-order valence-corrected chi connectivity index (χ3v) is 5.46. The summed E-state index contributed by atoms with van der Waals surface area (Å²) in [6.07, 6.45) is 6.31. The Morgan fingerprint density at radius 2 is 1.62 bits per heavy atom. The molecule has 0 bridgehead atoms. The van der Waals surface area contributed by atoms with Crippen molar-refractivity contribution < 1.29 is 14.4 Å². The van der Waals surface area contributed by atoms with Gasteiger partial charge in [-0.1, -0.05) is 41.5 Å². The molecule has 1 aliphatic rings. The molecule has 24 heavy (non-hydrogen) atoms. The van der Waals surface area contributed by atoms with Gasteiger partial charge >= 0.3 is 0 Å². The maximum absolute atomic E-state index is 12.3. The van der Waals surface area contributed by atoms with E-state index in [1.54, 1.807) is 0 Å². The molecular weight excluding hydrogens is 302 g/mol. The Morgan fingerprint density at radius 1 is 1.08 bits per heavy atom. The summed E-state index contributed by atoms with van der Waals surface area (Å²) in [5, 5.41) is 0. The fourth-order valence-corrected chi connectivity index (χ4v) is 3.81. The van der Waals surface area contributed by atoms with Gasteiger partial charge < -0.3 is 0 Å². The van der Waals surface area contributed by atoms with E-state index in [4.69, 9.17) is 0 Å². The molecule has 1 rings (SSSR count). The summed E-state index contributed by atoms with van der Waals surface area (Å²) in [7, 11) is 0. The largest absolute Gasteiger partial charge is 0.300 e. The number of nitrogens with zero attached hydrogens (tertiary/aromatic N) is 1. The highest BCUT2D eigenvalue weighted by Gasteiger charge is 2.40. The number of hydrogen-bond donors (Lipinski definition) is 0. The zero-order chi connectivity index (χ0) is 18.5. The summed E-state index contributed by atoms with van der Waals surface area (Å²) in [6.45, 7) is 13.7. The molecule has 1 unspecified atom stereocenters. The van der Waals surface area contributed by atoms with Crippen molar-refractivity contribution in [2.75, 3.05) is 6.54 Å². The van der Waals surface area contributed by atoms with Gasteiger partial charge in [0.25, 0.3) is 11.8 Å². The average molecular weight is 335 g/mol. The number of Topliss-reactive ketones (excluding diaryl/α,β-unsaturated/α-hetero) is 1. The summed E-state index contributed by atoms with van der Waals surface area (Å²) in [5.41, 5.74) is 0.273. The topological polar surface area (TPSA) is 54.5 Å². The quantitative estimate of drug-likeness (QED) is 0.595. The van der Waals surface area contributed by atoms with Gasteiger partial charge in [0.15, 0.2) is 0 Å². The summed E-state index contributed by atoms with van der Waals surface area (Å²) in [4.78, 5) is 36.5. The van der Waals surface area contributed by atoms with Crippen molar-refractivity contribution in [1.82, 2.24) is 4.90 Å². The number of carbonyl (C=O) groups excluding carboxylic acids is 3. The Bertz CT molecular complexity index is 495. The molecule has 0 aromatic rings. The van der Waals surface area contributed by atoms with Crippen molar-refractivity contribution in [3.63, 3.8) is 0 Å². The standard InChI is InChI=1S/C20H33NO3/c1-7-20(14-15(2)3,19(4,5)6)12-10-16(22)11-13-21-17(23)8-9-18(21)24/h8-9,15H,7,10-14H2,1-6H3. The number of carbonyl (C=O) groups is 3. The van der Waals surface area contributed by atoms with E-state index in [9.17, 15) is 14.4 Å². The van der Waals surface area contributed by atoms with Crippen molar-refractivity contribution >= 4 is 17.6 Å². The fraction of sp³-hybridized carbons (Fsp3) is 0.750. The minimum absolute atomic E-state index is 0.133. The smallest absolute Gasteiger partial charge is 0.253 e. The highest BCUT2D eigenvalue weighted by Crippen LogP contribution is 2.49. The van der Waals surface area contributed by atoms with Gasteiger partial charge in [-0.05, 0) is 36.0 Å². The van der Waals surface area contributed by atoms with Crippen molar-refractivity contribution in [2.45, 2.75) is 73.6 Å². The Morgan fingerprint density at radius 3 is 2.04 bits per heavy atom. The molecule has 0 aromatic carbocycles. The summed E-state index contributed by atoms with van der Waals surface area (Å²) in [5.74, 6) is 0.0916. The summed E-state index contributed by atoms with van der Waals surface area (Å²) >= 11 is 0. The van der Waals surface area contributed by atoms with Crippen LogP contribution in [0.2, 0.25) is 0 Å². The Balaban J connectivity index is 2.61. The van der Waals surface area contributed by atoms with E-state index in [1.165, 1.54) is 12.2 Å². The first kappa shape index (κ1) is 20.6. The lowest BCUT2D eigenvalue weighted by molar-refractivity contribution is -0.137. The van der Waals surface area contributed by atoms with Crippen LogP contribution in [0, 0.1) is 16.7 Å². The Kier molecular flexibility index (Phi) is 6.94. The molecule has 2 amide bonds. The van der Waals surface area contributed by atoms with E-state index in [1.807, 2.05) is 0 Å². The molecule has 0 spiro atoms. The third-order valence-electron chi connectivity index (χ3n) is 5.46. The molecule has 0 aliphatic carbocycles. The van der Waals surface area contributed by atoms with Crippen LogP contribution >= 0.6 is 0 Å². The molecule has 1 aliphatic heterocycles. The Labute approximate surface area is 146 Å². The van der Waals surface area contributed by atoms with Gasteiger partial charge in [-0.15, -0.1) is 0 Å². The molecule has 1 atom stereocenters. The first-order chi connectivity index (χ1) is 11.0. The molecule has 4 nitrogen and oxygen atoms in total. The zero-order valence-corrected chi connectivity index (χ0v) is 16.1. The first-order valence-corrected chi connectivity index (χ1v) is 9.07. The second-order valence-electron chi connectivity index (χ2n) is 8.43. The maximum Gasteiger partial charge on any atom is 0.253 e. The molecular formula is C20H33NO3. The van der Waals surface area contributed by atoms with Crippen molar-refractivity contribution in [2.24, 2.45) is 16.7 Å². The normalized spacial score (nSPS) is 17.7. The van der Waals surface area contributed by atoms with E-state index >= 15 is 0 Å². The highest BCUT2D eigenvalue weighted by atomic mass is 16.2. The fourth-order valence-electron chi connectivity index (χ4n) is 3.81. The van der Waals surface area contributed by atoms with Crippen molar-refractivity contribution in [1.29, 1.82) is 0 Å². The lowest BCUT2D eigenvalue weighted by Gasteiger charge is -2.46. The van der Waals surface area contributed by atoms with Crippen LogP contribution in [-0.2, 0) is 14.4 Å². The lowest BCUT2D eigenvalue weighted by atomic mass is 9.59. The van der Waals surface area contributed by atoms with Gasteiger partial charge in [-0.25, -0.2) is 0 Å². The van der Waals surface area contributed by atoms with Crippen LogP contribution in [0.3, 0.4) is 0 Å². The van der Waals surface area contributed by atoms with Gasteiger partial charge in [0.2, 0.25) is 0 Å². The van der Waals surface area contributed by atoms with Crippen LogP contribution in [0.5, 0.6) is 0 Å². The lowest BCUT2D eigenvalue weighted by Crippen LogP contribution is -2.37. The van der Waals surface area contributed by atoms with Gasteiger partial charge in [0, 0.05) is 31.5 Å². The first-order valence-electron chi connectivity index (χ1n) is 9.07. The van der Waals surface area contributed by atoms with E-state index in [0.717, 1.165) is 24.2 Å². The molecule has 0 N–H and O–H groups in total. The SMILES string of the molecule is CCC(CCC(=O)CCN1C(=O)C=CC1=O)(CC(C)C)C(C)(C)C. The van der Waals surface area contributed by atoms with E-state index in [-0.39, 0.29) is 41.4 Å². The van der Waals surface area contributed by atoms with Crippen LogP contribution in [0.25, 0.3) is 0 Å². The minimum Gasteiger partial charge on any atom is -0.300 e. The van der Waals surface area contributed by atoms with E-state index in [2.05, 4.69) is 41.5 Å². The van der Waals surface area contributed by atoms with Crippen molar-refractivity contribution in [3.05, 3.63) is 12.2 Å². The van der Waals surface area contributed by atoms with Crippen LogP contribution in [0.4, 0.5) is 0 Å². The molecule has 136 valence electrons. The second-order valence-corrected chi connectivity index (χ2v) is 8.43. The van der Waals surface area contributed by atoms with Crippen LogP contribution in [0.1, 0.15) is 73.6 Å². The third kappa shape index (κ3) is 5.02. The molecule has 0 saturated carbocycles. The van der Waals surface area contributed by atoms with Crippen molar-refractivity contribution in [3.8, 4) is 0 Å². The zero-order valence-electron chi connectivity index (χ0n) is 16.1. The monoisotopic (exact) mass is 335 g/mol. The molecule has 0 fully saturated rings. The number of hydrogen-bond acceptors (Lipinski definition) is 3. The van der Waals surface area contributed by atoms with Gasteiger partial charge in [-0.2, -0.15) is 0 Å². The van der Waals surface area contributed by atoms with E-state index < -0.39 is 0 Å².